The van der Waals surface area contributed by atoms with Crippen molar-refractivity contribution in [3.63, 3.8) is 0 Å². The molecule has 5 heteroatoms. The van der Waals surface area contributed by atoms with Gasteiger partial charge in [0.25, 0.3) is 0 Å². The summed E-state index contributed by atoms with van der Waals surface area (Å²) in [5, 5.41) is 3.92. The van der Waals surface area contributed by atoms with Crippen molar-refractivity contribution in [3.05, 3.63) is 40.9 Å². The SMILES string of the molecule is COCCNCc1ncc(-c2cccc(Cl)c2C)o1. The summed E-state index contributed by atoms with van der Waals surface area (Å²) in [6.07, 6.45) is 1.73. The van der Waals surface area contributed by atoms with E-state index in [1.165, 1.54) is 0 Å². The van der Waals surface area contributed by atoms with Crippen LogP contribution in [-0.2, 0) is 11.3 Å². The fourth-order valence-electron chi connectivity index (χ4n) is 1.76. The van der Waals surface area contributed by atoms with E-state index in [2.05, 4.69) is 10.3 Å². The Morgan fingerprint density at radius 3 is 3.05 bits per heavy atom. The predicted octanol–water partition coefficient (Wildman–Crippen LogP) is 3.04. The molecule has 0 saturated carbocycles. The number of oxazole rings is 1. The Morgan fingerprint density at radius 1 is 1.42 bits per heavy atom. The molecule has 1 heterocycles. The summed E-state index contributed by atoms with van der Waals surface area (Å²) in [5.74, 6) is 1.40. The lowest BCUT2D eigenvalue weighted by Gasteiger charge is -2.03. The zero-order valence-electron chi connectivity index (χ0n) is 11.1. The normalized spacial score (nSPS) is 10.9. The minimum absolute atomic E-state index is 0.586. The zero-order chi connectivity index (χ0) is 13.7. The molecule has 19 heavy (non-hydrogen) atoms. The lowest BCUT2D eigenvalue weighted by Crippen LogP contribution is -2.18. The number of rotatable bonds is 6. The number of benzene rings is 1. The molecule has 0 saturated heterocycles. The quantitative estimate of drug-likeness (QED) is 0.826. The van der Waals surface area contributed by atoms with Crippen molar-refractivity contribution in [1.82, 2.24) is 10.3 Å². The van der Waals surface area contributed by atoms with Crippen LogP contribution in [0.2, 0.25) is 5.02 Å². The van der Waals surface area contributed by atoms with Gasteiger partial charge in [0.05, 0.1) is 19.3 Å². The first kappa shape index (κ1) is 14.1. The number of hydrogen-bond acceptors (Lipinski definition) is 4. The second-order valence-electron chi connectivity index (χ2n) is 4.20. The minimum Gasteiger partial charge on any atom is -0.439 e. The van der Waals surface area contributed by atoms with Crippen LogP contribution < -0.4 is 5.32 Å². The second kappa shape index (κ2) is 6.70. The van der Waals surface area contributed by atoms with Crippen LogP contribution >= 0.6 is 11.6 Å². The van der Waals surface area contributed by atoms with E-state index in [9.17, 15) is 0 Å². The maximum atomic E-state index is 6.10. The molecule has 0 atom stereocenters. The predicted molar refractivity (Wildman–Crippen MR) is 75.3 cm³/mol. The number of hydrogen-bond donors (Lipinski definition) is 1. The summed E-state index contributed by atoms with van der Waals surface area (Å²) < 4.78 is 10.7. The molecule has 0 amide bonds. The molecule has 0 aliphatic heterocycles. The van der Waals surface area contributed by atoms with E-state index < -0.39 is 0 Å². The van der Waals surface area contributed by atoms with Crippen LogP contribution in [0.1, 0.15) is 11.5 Å². The first-order valence-corrected chi connectivity index (χ1v) is 6.50. The average molecular weight is 281 g/mol. The van der Waals surface area contributed by atoms with Crippen LogP contribution in [0.3, 0.4) is 0 Å². The molecule has 0 aliphatic carbocycles. The molecule has 2 rings (SSSR count). The molecular weight excluding hydrogens is 264 g/mol. The van der Waals surface area contributed by atoms with Gasteiger partial charge in [0.1, 0.15) is 0 Å². The molecule has 1 N–H and O–H groups in total. The third kappa shape index (κ3) is 3.56. The molecule has 1 aromatic heterocycles. The topological polar surface area (TPSA) is 47.3 Å². The monoisotopic (exact) mass is 280 g/mol. The van der Waals surface area contributed by atoms with Crippen LogP contribution in [0.5, 0.6) is 0 Å². The first-order chi connectivity index (χ1) is 9.22. The Balaban J connectivity index is 2.06. The van der Waals surface area contributed by atoms with Crippen molar-refractivity contribution >= 4 is 11.6 Å². The summed E-state index contributed by atoms with van der Waals surface area (Å²) in [6.45, 7) is 3.99. The molecule has 4 nitrogen and oxygen atoms in total. The van der Waals surface area contributed by atoms with Gasteiger partial charge in [-0.1, -0.05) is 23.7 Å². The van der Waals surface area contributed by atoms with Crippen LogP contribution in [0.25, 0.3) is 11.3 Å². The molecule has 0 fully saturated rings. The Labute approximate surface area is 117 Å². The summed E-state index contributed by atoms with van der Waals surface area (Å²) >= 11 is 6.10. The van der Waals surface area contributed by atoms with Gasteiger partial charge in [0.15, 0.2) is 5.76 Å². The number of nitrogens with zero attached hydrogens (tertiary/aromatic N) is 1. The number of ether oxygens (including phenoxy) is 1. The molecule has 2 aromatic rings. The van der Waals surface area contributed by atoms with Gasteiger partial charge in [-0.25, -0.2) is 4.98 Å². The summed E-state index contributed by atoms with van der Waals surface area (Å²) in [7, 11) is 1.67. The van der Waals surface area contributed by atoms with Crippen molar-refractivity contribution in [2.45, 2.75) is 13.5 Å². The van der Waals surface area contributed by atoms with Gasteiger partial charge in [-0.3, -0.25) is 0 Å². The summed E-state index contributed by atoms with van der Waals surface area (Å²) in [4.78, 5) is 4.25. The van der Waals surface area contributed by atoms with Crippen LogP contribution in [0.15, 0.2) is 28.8 Å². The zero-order valence-corrected chi connectivity index (χ0v) is 11.8. The number of nitrogens with one attached hydrogen (secondary N) is 1. The first-order valence-electron chi connectivity index (χ1n) is 6.12. The van der Waals surface area contributed by atoms with Crippen LogP contribution in [0.4, 0.5) is 0 Å². The Hall–Kier alpha value is -1.36. The van der Waals surface area contributed by atoms with Gasteiger partial charge in [0.2, 0.25) is 5.89 Å². The Kier molecular flexibility index (Phi) is 4.96. The van der Waals surface area contributed by atoms with E-state index in [0.29, 0.717) is 19.0 Å². The highest BCUT2D eigenvalue weighted by Crippen LogP contribution is 2.28. The van der Waals surface area contributed by atoms with Gasteiger partial charge < -0.3 is 14.5 Å². The van der Waals surface area contributed by atoms with Crippen molar-refractivity contribution in [2.75, 3.05) is 20.3 Å². The van der Waals surface area contributed by atoms with E-state index in [-0.39, 0.29) is 0 Å². The summed E-state index contributed by atoms with van der Waals surface area (Å²) in [6, 6.07) is 5.75. The highest BCUT2D eigenvalue weighted by atomic mass is 35.5. The standard InChI is InChI=1S/C14H17ClN2O2/c1-10-11(4-3-5-12(10)15)13-8-17-14(19-13)9-16-6-7-18-2/h3-5,8,16H,6-7,9H2,1-2H3. The number of methoxy groups -OCH3 is 1. The highest BCUT2D eigenvalue weighted by molar-refractivity contribution is 6.31. The van der Waals surface area contributed by atoms with Crippen molar-refractivity contribution in [2.24, 2.45) is 0 Å². The molecule has 0 unspecified atom stereocenters. The third-order valence-corrected chi connectivity index (χ3v) is 3.26. The third-order valence-electron chi connectivity index (χ3n) is 2.85. The van der Waals surface area contributed by atoms with Crippen molar-refractivity contribution in [1.29, 1.82) is 0 Å². The average Bonchev–Trinajstić information content (AvgIpc) is 2.87. The molecule has 1 aromatic carbocycles. The van der Waals surface area contributed by atoms with E-state index in [1.807, 2.05) is 25.1 Å². The van der Waals surface area contributed by atoms with Crippen molar-refractivity contribution < 1.29 is 9.15 Å². The van der Waals surface area contributed by atoms with Gasteiger partial charge >= 0.3 is 0 Å². The highest BCUT2D eigenvalue weighted by Gasteiger charge is 2.10. The summed E-state index contributed by atoms with van der Waals surface area (Å²) in [5.41, 5.74) is 1.97. The smallest absolute Gasteiger partial charge is 0.208 e. The van der Waals surface area contributed by atoms with Gasteiger partial charge in [-0.2, -0.15) is 0 Å². The largest absolute Gasteiger partial charge is 0.439 e. The molecule has 102 valence electrons. The van der Waals surface area contributed by atoms with E-state index in [1.54, 1.807) is 13.3 Å². The fraction of sp³-hybridized carbons (Fsp3) is 0.357. The van der Waals surface area contributed by atoms with Crippen LogP contribution in [-0.4, -0.2) is 25.2 Å². The van der Waals surface area contributed by atoms with Gasteiger partial charge in [0, 0.05) is 24.2 Å². The fourth-order valence-corrected chi connectivity index (χ4v) is 1.93. The molecule has 0 radical (unpaired) electrons. The van der Waals surface area contributed by atoms with E-state index >= 15 is 0 Å². The lowest BCUT2D eigenvalue weighted by atomic mass is 10.1. The Morgan fingerprint density at radius 2 is 2.26 bits per heavy atom. The van der Waals surface area contributed by atoms with Gasteiger partial charge in [-0.05, 0) is 18.6 Å². The van der Waals surface area contributed by atoms with Crippen molar-refractivity contribution in [3.8, 4) is 11.3 Å². The molecule has 0 aliphatic rings. The maximum Gasteiger partial charge on any atom is 0.208 e. The van der Waals surface area contributed by atoms with E-state index in [0.717, 1.165) is 28.5 Å². The molecular formula is C14H17ClN2O2. The second-order valence-corrected chi connectivity index (χ2v) is 4.61. The minimum atomic E-state index is 0.586. The number of aromatic nitrogens is 1. The molecule has 0 spiro atoms. The Bertz CT molecular complexity index is 540. The number of halogens is 1. The van der Waals surface area contributed by atoms with E-state index in [4.69, 9.17) is 20.8 Å². The molecule has 0 bridgehead atoms. The van der Waals surface area contributed by atoms with Gasteiger partial charge in [-0.15, -0.1) is 0 Å². The maximum absolute atomic E-state index is 6.10. The lowest BCUT2D eigenvalue weighted by molar-refractivity contribution is 0.198. The van der Waals surface area contributed by atoms with Crippen LogP contribution in [0, 0.1) is 6.92 Å².